The summed E-state index contributed by atoms with van der Waals surface area (Å²) in [5.74, 6) is 2.91. The van der Waals surface area contributed by atoms with Crippen molar-refractivity contribution in [1.29, 1.82) is 0 Å². The van der Waals surface area contributed by atoms with Crippen molar-refractivity contribution < 1.29 is 0 Å². The van der Waals surface area contributed by atoms with E-state index in [9.17, 15) is 0 Å². The summed E-state index contributed by atoms with van der Waals surface area (Å²) in [7, 11) is 1.92. The van der Waals surface area contributed by atoms with Crippen LogP contribution in [0.5, 0.6) is 0 Å². The smallest absolute Gasteiger partial charge is 0.0842 e. The van der Waals surface area contributed by atoms with Crippen molar-refractivity contribution in [2.75, 3.05) is 0 Å². The van der Waals surface area contributed by atoms with Gasteiger partial charge in [0, 0.05) is 25.7 Å². The normalized spacial score (nSPS) is 41.7. The molecule has 0 amide bonds. The zero-order valence-corrected chi connectivity index (χ0v) is 11.8. The molecule has 0 radical (unpaired) electrons. The molecule has 0 aromatic carbocycles. The molecule has 4 aliphatic carbocycles. The fourth-order valence-corrected chi connectivity index (χ4v) is 5.56. The van der Waals surface area contributed by atoms with Crippen molar-refractivity contribution in [3.8, 4) is 0 Å². The molecule has 1 aromatic heterocycles. The summed E-state index contributed by atoms with van der Waals surface area (Å²) in [4.78, 5) is 0. The fraction of sp³-hybridized carbons (Fsp3) is 0.867. The third-order valence-corrected chi connectivity index (χ3v) is 5.95. The number of nitrogens with two attached hydrogens (primary N) is 1. The first-order chi connectivity index (χ1) is 9.13. The molecule has 19 heavy (non-hydrogen) atoms. The minimum atomic E-state index is 0.276. The third kappa shape index (κ3) is 1.92. The van der Waals surface area contributed by atoms with Gasteiger partial charge in [0.05, 0.1) is 5.69 Å². The predicted octanol–water partition coefficient (Wildman–Crippen LogP) is 1.90. The van der Waals surface area contributed by atoms with E-state index in [0.717, 1.165) is 29.9 Å². The van der Waals surface area contributed by atoms with E-state index in [4.69, 9.17) is 5.73 Å². The van der Waals surface area contributed by atoms with Gasteiger partial charge in [0.1, 0.15) is 0 Å². The molecule has 1 aromatic rings. The van der Waals surface area contributed by atoms with Crippen LogP contribution >= 0.6 is 0 Å². The molecule has 2 N–H and O–H groups in total. The predicted molar refractivity (Wildman–Crippen MR) is 73.3 cm³/mol. The first-order valence-electron chi connectivity index (χ1n) is 7.74. The summed E-state index contributed by atoms with van der Waals surface area (Å²) in [6.45, 7) is 0. The number of nitrogens with zero attached hydrogens (tertiary/aromatic N) is 3. The Hall–Kier alpha value is -0.900. The minimum Gasteiger partial charge on any atom is -0.327 e. The molecule has 1 heterocycles. The molecular weight excluding hydrogens is 236 g/mol. The monoisotopic (exact) mass is 260 g/mol. The third-order valence-electron chi connectivity index (χ3n) is 5.95. The van der Waals surface area contributed by atoms with E-state index in [2.05, 4.69) is 10.3 Å². The Morgan fingerprint density at radius 2 is 1.84 bits per heavy atom. The molecule has 0 spiro atoms. The molecule has 0 aliphatic heterocycles. The molecular formula is C15H24N4. The second-order valence-corrected chi connectivity index (χ2v) is 7.47. The first-order valence-corrected chi connectivity index (χ1v) is 7.74. The van der Waals surface area contributed by atoms with E-state index in [-0.39, 0.29) is 6.04 Å². The van der Waals surface area contributed by atoms with Gasteiger partial charge in [-0.2, -0.15) is 0 Å². The van der Waals surface area contributed by atoms with Gasteiger partial charge in [-0.05, 0) is 61.7 Å². The van der Waals surface area contributed by atoms with Crippen molar-refractivity contribution in [3.63, 3.8) is 0 Å². The second-order valence-electron chi connectivity index (χ2n) is 7.47. The number of rotatable bonds is 3. The van der Waals surface area contributed by atoms with Crippen LogP contribution in [0.25, 0.3) is 0 Å². The van der Waals surface area contributed by atoms with Crippen molar-refractivity contribution in [1.82, 2.24) is 15.0 Å². The highest BCUT2D eigenvalue weighted by atomic mass is 15.4. The van der Waals surface area contributed by atoms with Crippen LogP contribution in [0, 0.1) is 23.2 Å². The van der Waals surface area contributed by atoms with Gasteiger partial charge in [-0.3, -0.25) is 4.68 Å². The van der Waals surface area contributed by atoms with Crippen molar-refractivity contribution >= 4 is 0 Å². The second kappa shape index (κ2) is 4.05. The molecule has 4 saturated carbocycles. The summed E-state index contributed by atoms with van der Waals surface area (Å²) >= 11 is 0. The maximum atomic E-state index is 6.64. The Labute approximate surface area is 114 Å². The Bertz CT molecular complexity index is 443. The van der Waals surface area contributed by atoms with Gasteiger partial charge in [-0.25, -0.2) is 0 Å². The Morgan fingerprint density at radius 3 is 2.32 bits per heavy atom. The quantitative estimate of drug-likeness (QED) is 0.903. The number of aryl methyl sites for hydroxylation is 1. The lowest BCUT2D eigenvalue weighted by Gasteiger charge is -2.59. The van der Waals surface area contributed by atoms with Crippen LogP contribution in [-0.4, -0.2) is 21.0 Å². The molecule has 4 bridgehead atoms. The Kier molecular flexibility index (Phi) is 2.53. The fourth-order valence-electron chi connectivity index (χ4n) is 5.56. The van der Waals surface area contributed by atoms with Gasteiger partial charge >= 0.3 is 0 Å². The van der Waals surface area contributed by atoms with Crippen LogP contribution in [0.15, 0.2) is 6.20 Å². The van der Waals surface area contributed by atoms with Gasteiger partial charge in [-0.1, -0.05) is 5.21 Å². The first kappa shape index (κ1) is 11.9. The molecule has 4 aliphatic rings. The lowest BCUT2D eigenvalue weighted by atomic mass is 9.47. The molecule has 1 unspecified atom stereocenters. The van der Waals surface area contributed by atoms with E-state index >= 15 is 0 Å². The number of hydrogen-bond acceptors (Lipinski definition) is 3. The van der Waals surface area contributed by atoms with E-state index in [1.54, 1.807) is 4.68 Å². The van der Waals surface area contributed by atoms with E-state index < -0.39 is 0 Å². The summed E-state index contributed by atoms with van der Waals surface area (Å²) < 4.78 is 1.78. The van der Waals surface area contributed by atoms with Gasteiger partial charge in [-0.15, -0.1) is 5.10 Å². The molecule has 4 nitrogen and oxygen atoms in total. The van der Waals surface area contributed by atoms with E-state index in [1.807, 2.05) is 13.2 Å². The number of hydrogen-bond donors (Lipinski definition) is 1. The Morgan fingerprint density at radius 1 is 1.26 bits per heavy atom. The molecule has 4 heteroatoms. The highest BCUT2D eigenvalue weighted by Gasteiger charge is 2.53. The van der Waals surface area contributed by atoms with Crippen LogP contribution in [0.1, 0.15) is 44.2 Å². The molecule has 1 atom stereocenters. The van der Waals surface area contributed by atoms with Crippen LogP contribution < -0.4 is 5.73 Å². The molecule has 5 rings (SSSR count). The maximum Gasteiger partial charge on any atom is 0.0842 e. The van der Waals surface area contributed by atoms with Gasteiger partial charge in [0.2, 0.25) is 0 Å². The zero-order valence-electron chi connectivity index (χ0n) is 11.8. The lowest BCUT2D eigenvalue weighted by Crippen LogP contribution is -2.55. The lowest BCUT2D eigenvalue weighted by molar-refractivity contribution is -0.0669. The summed E-state index contributed by atoms with van der Waals surface area (Å²) in [5, 5.41) is 8.24. The van der Waals surface area contributed by atoms with E-state index in [1.165, 1.54) is 38.5 Å². The van der Waals surface area contributed by atoms with Crippen LogP contribution in [0.3, 0.4) is 0 Å². The van der Waals surface area contributed by atoms with Gasteiger partial charge in [0.15, 0.2) is 0 Å². The highest BCUT2D eigenvalue weighted by Crippen LogP contribution is 2.61. The van der Waals surface area contributed by atoms with Crippen LogP contribution in [-0.2, 0) is 13.5 Å². The zero-order chi connectivity index (χ0) is 13.0. The SMILES string of the molecule is Cn1cc(CC(N)C23CC4CC(CC(C4)C2)C3)nn1. The Balaban J connectivity index is 1.54. The van der Waals surface area contributed by atoms with Crippen molar-refractivity contribution in [3.05, 3.63) is 11.9 Å². The van der Waals surface area contributed by atoms with Gasteiger partial charge in [0.25, 0.3) is 0 Å². The summed E-state index contributed by atoms with van der Waals surface area (Å²) in [5.41, 5.74) is 8.12. The number of aromatic nitrogens is 3. The molecule has 4 fully saturated rings. The largest absolute Gasteiger partial charge is 0.327 e. The van der Waals surface area contributed by atoms with Crippen LogP contribution in [0.4, 0.5) is 0 Å². The van der Waals surface area contributed by atoms with Crippen LogP contribution in [0.2, 0.25) is 0 Å². The molecule has 104 valence electrons. The standard InChI is InChI=1S/C15H24N4/c1-19-9-13(17-18-19)5-14(16)15-6-10-2-11(7-15)4-12(3-10)8-15/h9-12,14H,2-8,16H2,1H3. The van der Waals surface area contributed by atoms with E-state index in [0.29, 0.717) is 5.41 Å². The van der Waals surface area contributed by atoms with Crippen molar-refractivity contribution in [2.45, 2.75) is 51.0 Å². The average Bonchev–Trinajstić information content (AvgIpc) is 2.73. The topological polar surface area (TPSA) is 56.7 Å². The highest BCUT2D eigenvalue weighted by molar-refractivity contribution is 5.08. The average molecular weight is 260 g/mol. The maximum absolute atomic E-state index is 6.64. The summed E-state index contributed by atoms with van der Waals surface area (Å²) in [6, 6.07) is 0.276. The van der Waals surface area contributed by atoms with Gasteiger partial charge < -0.3 is 5.73 Å². The minimum absolute atomic E-state index is 0.276. The van der Waals surface area contributed by atoms with Crippen molar-refractivity contribution in [2.24, 2.45) is 36.0 Å². The summed E-state index contributed by atoms with van der Waals surface area (Å²) in [6.07, 6.45) is 11.5. The molecule has 0 saturated heterocycles.